The topological polar surface area (TPSA) is 121 Å². The monoisotopic (exact) mass is 191 g/mol. The van der Waals surface area contributed by atoms with Crippen LogP contribution in [0.3, 0.4) is 0 Å². The second-order valence-electron chi connectivity index (χ2n) is 2.87. The number of carbonyl (C=O) groups excluding carboxylic acids is 2. The van der Waals surface area contributed by atoms with Crippen molar-refractivity contribution in [3.8, 4) is 0 Å². The highest BCUT2D eigenvalue weighted by Gasteiger charge is 2.36. The highest BCUT2D eigenvalue weighted by atomic mass is 16.3. The van der Waals surface area contributed by atoms with E-state index in [4.69, 9.17) is 15.9 Å². The molecule has 0 amide bonds. The highest BCUT2D eigenvalue weighted by Crippen LogP contribution is 2.06. The normalized spacial score (nSPS) is 17.6. The Morgan fingerprint density at radius 2 is 2.00 bits per heavy atom. The zero-order valence-corrected chi connectivity index (χ0v) is 7.23. The van der Waals surface area contributed by atoms with Crippen LogP contribution in [0.5, 0.6) is 0 Å². The first-order valence-corrected chi connectivity index (χ1v) is 3.65. The minimum atomic E-state index is -2.01. The Labute approximate surface area is 75.0 Å². The molecule has 0 rings (SSSR count). The molecule has 6 heteroatoms. The van der Waals surface area contributed by atoms with Gasteiger partial charge in [-0.25, -0.2) is 0 Å². The van der Waals surface area contributed by atoms with Gasteiger partial charge in [-0.1, -0.05) is 0 Å². The molecule has 0 fully saturated rings. The molecule has 0 spiro atoms. The molecule has 0 aliphatic rings. The summed E-state index contributed by atoms with van der Waals surface area (Å²) in [4.78, 5) is 21.7. The second-order valence-corrected chi connectivity index (χ2v) is 2.87. The molecule has 0 bridgehead atoms. The smallest absolute Gasteiger partial charge is 0.201 e. The van der Waals surface area contributed by atoms with E-state index in [-0.39, 0.29) is 0 Å². The average Bonchev–Trinajstić information content (AvgIpc) is 2.14. The minimum Gasteiger partial charge on any atom is -0.388 e. The Hall–Kier alpha value is -0.820. The van der Waals surface area contributed by atoms with Gasteiger partial charge in [-0.15, -0.1) is 0 Å². The molecule has 0 aromatic heterocycles. The summed E-state index contributed by atoms with van der Waals surface area (Å²) in [5, 5.41) is 26.5. The van der Waals surface area contributed by atoms with Gasteiger partial charge in [0.05, 0.1) is 0 Å². The summed E-state index contributed by atoms with van der Waals surface area (Å²) in [5.41, 5.74) is 3.09. The second kappa shape index (κ2) is 4.43. The van der Waals surface area contributed by atoms with Crippen molar-refractivity contribution < 1.29 is 24.9 Å². The van der Waals surface area contributed by atoms with Crippen LogP contribution in [0.15, 0.2) is 0 Å². The van der Waals surface area contributed by atoms with Crippen LogP contribution in [-0.4, -0.2) is 51.7 Å². The maximum Gasteiger partial charge on any atom is 0.201 e. The van der Waals surface area contributed by atoms with Gasteiger partial charge in [-0.05, 0) is 6.92 Å². The molecular weight excluding hydrogens is 178 g/mol. The molecule has 2 atom stereocenters. The van der Waals surface area contributed by atoms with Gasteiger partial charge in [0.15, 0.2) is 11.9 Å². The molecule has 6 nitrogen and oxygen atoms in total. The number of Topliss-reactive ketones (excluding diaryl/α,β-unsaturated/α-hetero) is 2. The SMILES string of the molecule is C[C@@](O)(CN)C(=O)C(O)C(=O)CO. The quantitative estimate of drug-likeness (QED) is 0.348. The molecule has 1 unspecified atom stereocenters. The van der Waals surface area contributed by atoms with E-state index in [1.54, 1.807) is 0 Å². The van der Waals surface area contributed by atoms with Gasteiger partial charge in [0, 0.05) is 6.54 Å². The zero-order chi connectivity index (χ0) is 10.6. The largest absolute Gasteiger partial charge is 0.388 e. The van der Waals surface area contributed by atoms with Crippen molar-refractivity contribution in [2.75, 3.05) is 13.2 Å². The van der Waals surface area contributed by atoms with Crippen molar-refractivity contribution in [2.45, 2.75) is 18.6 Å². The molecule has 0 aliphatic heterocycles. The molecule has 0 aromatic rings. The summed E-state index contributed by atoms with van der Waals surface area (Å²) >= 11 is 0. The van der Waals surface area contributed by atoms with Gasteiger partial charge in [-0.3, -0.25) is 9.59 Å². The maximum absolute atomic E-state index is 11.1. The molecule has 76 valence electrons. The first kappa shape index (κ1) is 12.2. The van der Waals surface area contributed by atoms with Gasteiger partial charge < -0.3 is 21.1 Å². The van der Waals surface area contributed by atoms with Gasteiger partial charge in [0.2, 0.25) is 5.78 Å². The number of carbonyl (C=O) groups is 2. The Morgan fingerprint density at radius 1 is 1.54 bits per heavy atom. The fourth-order valence-electron chi connectivity index (χ4n) is 0.628. The van der Waals surface area contributed by atoms with Crippen molar-refractivity contribution in [3.05, 3.63) is 0 Å². The van der Waals surface area contributed by atoms with Crippen molar-refractivity contribution >= 4 is 11.6 Å². The van der Waals surface area contributed by atoms with Gasteiger partial charge in [0.25, 0.3) is 0 Å². The molecule has 0 aliphatic carbocycles. The average molecular weight is 191 g/mol. The predicted molar refractivity (Wildman–Crippen MR) is 42.8 cm³/mol. The number of ketones is 2. The Bertz CT molecular complexity index is 213. The maximum atomic E-state index is 11.1. The summed E-state index contributed by atoms with van der Waals surface area (Å²) in [7, 11) is 0. The standard InChI is InChI=1S/C7H13NO5/c1-7(13,3-8)6(12)5(11)4(10)2-9/h5,9,11,13H,2-3,8H2,1H3/t5?,7-/m1/s1. The Morgan fingerprint density at radius 3 is 2.31 bits per heavy atom. The number of hydrogen-bond donors (Lipinski definition) is 4. The molecular formula is C7H13NO5. The van der Waals surface area contributed by atoms with E-state index in [1.807, 2.05) is 0 Å². The van der Waals surface area contributed by atoms with Crippen LogP contribution in [0.25, 0.3) is 0 Å². The van der Waals surface area contributed by atoms with Crippen molar-refractivity contribution in [1.29, 1.82) is 0 Å². The van der Waals surface area contributed by atoms with Crippen molar-refractivity contribution in [2.24, 2.45) is 5.73 Å². The zero-order valence-electron chi connectivity index (χ0n) is 7.23. The summed E-state index contributed by atoms with van der Waals surface area (Å²) in [6, 6.07) is 0. The fraction of sp³-hybridized carbons (Fsp3) is 0.714. The fourth-order valence-corrected chi connectivity index (χ4v) is 0.628. The summed E-state index contributed by atoms with van der Waals surface area (Å²) in [6.07, 6.45) is -2.01. The van der Waals surface area contributed by atoms with Crippen LogP contribution in [0.4, 0.5) is 0 Å². The first-order valence-electron chi connectivity index (χ1n) is 3.65. The van der Waals surface area contributed by atoms with Crippen LogP contribution in [0, 0.1) is 0 Å². The lowest BCUT2D eigenvalue weighted by Crippen LogP contribution is -2.51. The van der Waals surface area contributed by atoms with Crippen LogP contribution in [-0.2, 0) is 9.59 Å². The molecule has 0 heterocycles. The number of nitrogens with two attached hydrogens (primary N) is 1. The highest BCUT2D eigenvalue weighted by molar-refractivity contribution is 6.08. The van der Waals surface area contributed by atoms with E-state index in [1.165, 1.54) is 0 Å². The molecule has 0 aromatic carbocycles. The van der Waals surface area contributed by atoms with Gasteiger partial charge in [0.1, 0.15) is 12.2 Å². The number of hydrogen-bond acceptors (Lipinski definition) is 6. The third-order valence-corrected chi connectivity index (χ3v) is 1.64. The van der Waals surface area contributed by atoms with E-state index < -0.39 is 36.4 Å². The third kappa shape index (κ3) is 2.85. The molecule has 13 heavy (non-hydrogen) atoms. The van der Waals surface area contributed by atoms with Crippen LogP contribution >= 0.6 is 0 Å². The number of aliphatic hydroxyl groups is 3. The van der Waals surface area contributed by atoms with Crippen molar-refractivity contribution in [1.82, 2.24) is 0 Å². The van der Waals surface area contributed by atoms with E-state index in [2.05, 4.69) is 0 Å². The number of aliphatic hydroxyl groups excluding tert-OH is 2. The Kier molecular flexibility index (Phi) is 4.15. The molecule has 0 radical (unpaired) electrons. The molecule has 0 saturated heterocycles. The number of rotatable bonds is 5. The Balaban J connectivity index is 4.52. The van der Waals surface area contributed by atoms with Crippen LogP contribution in [0.1, 0.15) is 6.92 Å². The first-order chi connectivity index (χ1) is 5.86. The van der Waals surface area contributed by atoms with E-state index in [0.717, 1.165) is 6.92 Å². The lowest BCUT2D eigenvalue weighted by atomic mass is 9.95. The molecule has 0 saturated carbocycles. The molecule has 5 N–H and O–H groups in total. The predicted octanol–water partition coefficient (Wildman–Crippen LogP) is -2.81. The van der Waals surface area contributed by atoms with E-state index in [9.17, 15) is 14.7 Å². The van der Waals surface area contributed by atoms with Crippen LogP contribution in [0.2, 0.25) is 0 Å². The van der Waals surface area contributed by atoms with Gasteiger partial charge in [-0.2, -0.15) is 0 Å². The van der Waals surface area contributed by atoms with E-state index in [0.29, 0.717) is 0 Å². The van der Waals surface area contributed by atoms with Crippen molar-refractivity contribution in [3.63, 3.8) is 0 Å². The summed E-state index contributed by atoms with van der Waals surface area (Å²) in [5.74, 6) is -2.16. The van der Waals surface area contributed by atoms with E-state index >= 15 is 0 Å². The lowest BCUT2D eigenvalue weighted by molar-refractivity contribution is -0.150. The summed E-state index contributed by atoms with van der Waals surface area (Å²) in [6.45, 7) is -0.266. The lowest BCUT2D eigenvalue weighted by Gasteiger charge is -2.21. The third-order valence-electron chi connectivity index (χ3n) is 1.64. The van der Waals surface area contributed by atoms with Crippen LogP contribution < -0.4 is 5.73 Å². The summed E-state index contributed by atoms with van der Waals surface area (Å²) < 4.78 is 0. The minimum absolute atomic E-state index is 0.401. The van der Waals surface area contributed by atoms with Gasteiger partial charge >= 0.3 is 0 Å².